The van der Waals surface area contributed by atoms with Gasteiger partial charge in [0.15, 0.2) is 12.4 Å². The first kappa shape index (κ1) is 59.2. The van der Waals surface area contributed by atoms with Gasteiger partial charge in [0.05, 0.1) is 11.1 Å². The first-order valence-electron chi connectivity index (χ1n) is 34.9. The lowest BCUT2D eigenvalue weighted by Crippen LogP contribution is -2.85. The summed E-state index contributed by atoms with van der Waals surface area (Å²) in [5.74, 6) is -2.46. The van der Waals surface area contributed by atoms with Crippen LogP contribution in [0.25, 0.3) is 106 Å². The molecule has 5 aliphatic rings. The number of pyridine rings is 2. The van der Waals surface area contributed by atoms with Gasteiger partial charge in [-0.1, -0.05) is 185 Å². The van der Waals surface area contributed by atoms with E-state index in [0.717, 1.165) is 36.8 Å². The van der Waals surface area contributed by atoms with Crippen molar-refractivity contribution in [3.63, 3.8) is 0 Å². The fourth-order valence-corrected chi connectivity index (χ4v) is 21.8. The third-order valence-electron chi connectivity index (χ3n) is 25.0. The predicted molar refractivity (Wildman–Crippen MR) is 391 cm³/mol. The summed E-state index contributed by atoms with van der Waals surface area (Å²) in [7, 11) is 0. The molecule has 3 aliphatic heterocycles. The Bertz CT molecular complexity index is 4940. The number of hydrogen-bond donors (Lipinski definition) is 0. The van der Waals surface area contributed by atoms with Gasteiger partial charge < -0.3 is 0 Å². The van der Waals surface area contributed by atoms with E-state index < -0.39 is 22.7 Å². The van der Waals surface area contributed by atoms with Gasteiger partial charge in [-0.25, -0.2) is 0 Å². The number of aromatic nitrogens is 2. The van der Waals surface area contributed by atoms with E-state index in [4.69, 9.17) is 9.47 Å². The van der Waals surface area contributed by atoms with Crippen LogP contribution in [0.2, 0.25) is 0 Å². The molecule has 0 radical (unpaired) electrons. The Kier molecular flexibility index (Phi) is 12.0. The smallest absolute Gasteiger partial charge is 0.269 e. The summed E-state index contributed by atoms with van der Waals surface area (Å²) in [4.78, 5) is 0. The van der Waals surface area contributed by atoms with Crippen molar-refractivity contribution in [2.45, 2.75) is 231 Å². The van der Waals surface area contributed by atoms with E-state index in [0.29, 0.717) is 0 Å². The third-order valence-corrected chi connectivity index (χ3v) is 27.4. The van der Waals surface area contributed by atoms with Crippen LogP contribution >= 0.6 is 22.7 Å². The topological polar surface area (TPSA) is 26.2 Å². The lowest BCUT2D eigenvalue weighted by Gasteiger charge is -2.65. The van der Waals surface area contributed by atoms with Gasteiger partial charge in [-0.05, 0) is 162 Å². The van der Waals surface area contributed by atoms with Gasteiger partial charge in [0, 0.05) is 111 Å². The number of fused-ring (bicyclic) bond motifs is 24. The molecule has 468 valence electrons. The molecule has 7 heterocycles. The van der Waals surface area contributed by atoms with E-state index in [2.05, 4.69) is 267 Å². The molecule has 0 bridgehead atoms. The van der Waals surface area contributed by atoms with Crippen LogP contribution in [0.1, 0.15) is 221 Å². The van der Waals surface area contributed by atoms with Crippen molar-refractivity contribution in [3.8, 4) is 22.5 Å². The van der Waals surface area contributed by atoms with Crippen LogP contribution in [0.3, 0.4) is 0 Å². The molecule has 2 spiro atoms. The first-order chi connectivity index (χ1) is 43.5. The molecular formula is C86H92N2O2S2+2. The van der Waals surface area contributed by atoms with Gasteiger partial charge in [-0.15, -0.1) is 22.7 Å². The van der Waals surface area contributed by atoms with Gasteiger partial charge in [0.2, 0.25) is 22.5 Å². The minimum Gasteiger partial charge on any atom is -0.297 e. The second-order valence-electron chi connectivity index (χ2n) is 33.7. The van der Waals surface area contributed by atoms with Gasteiger partial charge in [-0.2, -0.15) is 9.13 Å². The van der Waals surface area contributed by atoms with Crippen LogP contribution in [0.4, 0.5) is 0 Å². The molecule has 12 aromatic rings. The van der Waals surface area contributed by atoms with Crippen molar-refractivity contribution in [1.29, 1.82) is 0 Å². The summed E-state index contributed by atoms with van der Waals surface area (Å²) >= 11 is 3.98. The summed E-state index contributed by atoms with van der Waals surface area (Å²) in [5, 5.41) is 15.5. The van der Waals surface area contributed by atoms with Crippen molar-refractivity contribution >= 4 is 106 Å². The molecule has 4 aromatic heterocycles. The Balaban J connectivity index is 0.946. The van der Waals surface area contributed by atoms with Crippen molar-refractivity contribution in [1.82, 2.24) is 0 Å². The highest BCUT2D eigenvalue weighted by Crippen LogP contribution is 2.71. The normalized spacial score (nSPS) is 20.0. The Morgan fingerprint density at radius 3 is 1.05 bits per heavy atom. The lowest BCUT2D eigenvalue weighted by atomic mass is 9.63. The Morgan fingerprint density at radius 2 is 0.717 bits per heavy atom. The molecule has 1 saturated heterocycles. The molecule has 0 saturated carbocycles. The van der Waals surface area contributed by atoms with Gasteiger partial charge >= 0.3 is 0 Å². The van der Waals surface area contributed by atoms with E-state index in [1.165, 1.54) is 165 Å². The highest BCUT2D eigenvalue weighted by molar-refractivity contribution is 7.27. The molecule has 92 heavy (non-hydrogen) atoms. The van der Waals surface area contributed by atoms with Crippen LogP contribution in [0, 0.1) is 0 Å². The number of hydrogen-bond acceptors (Lipinski definition) is 4. The highest BCUT2D eigenvalue weighted by Gasteiger charge is 2.83. The summed E-state index contributed by atoms with van der Waals surface area (Å²) in [6, 6.07) is 48.8. The number of nitrogens with zero attached hydrogens (tertiary/aromatic N) is 2. The number of benzene rings is 8. The lowest BCUT2D eigenvalue weighted by molar-refractivity contribution is -0.854. The van der Waals surface area contributed by atoms with E-state index >= 15 is 0 Å². The first-order valence-corrected chi connectivity index (χ1v) is 36.5. The van der Waals surface area contributed by atoms with E-state index in [1.807, 2.05) is 22.7 Å². The zero-order chi connectivity index (χ0) is 64.4. The van der Waals surface area contributed by atoms with Gasteiger partial charge in [0.25, 0.3) is 11.6 Å². The molecule has 4 nitrogen and oxygen atoms in total. The second-order valence-corrected chi connectivity index (χ2v) is 35.8. The Labute approximate surface area is 553 Å². The number of rotatable bonds is 4. The van der Waals surface area contributed by atoms with E-state index in [9.17, 15) is 0 Å². The van der Waals surface area contributed by atoms with Crippen molar-refractivity contribution in [2.24, 2.45) is 0 Å². The van der Waals surface area contributed by atoms with Crippen LogP contribution in [0.5, 0.6) is 0 Å². The van der Waals surface area contributed by atoms with Crippen molar-refractivity contribution in [2.75, 3.05) is 0 Å². The molecule has 8 aromatic carbocycles. The molecule has 0 N–H and O–H groups in total. The van der Waals surface area contributed by atoms with Crippen LogP contribution < -0.4 is 9.13 Å². The average molecular weight is 1250 g/mol. The van der Waals surface area contributed by atoms with E-state index in [-0.39, 0.29) is 32.5 Å². The maximum Gasteiger partial charge on any atom is 0.269 e. The van der Waals surface area contributed by atoms with Gasteiger partial charge in [-0.3, -0.25) is 9.47 Å². The molecule has 0 unspecified atom stereocenters. The fraction of sp³-hybridized carbons (Fsp3) is 0.419. The van der Waals surface area contributed by atoms with Crippen molar-refractivity contribution in [3.05, 3.63) is 178 Å². The van der Waals surface area contributed by atoms with Crippen LogP contribution in [-0.2, 0) is 64.6 Å². The molecule has 1 fully saturated rings. The van der Waals surface area contributed by atoms with Crippen molar-refractivity contribution < 1.29 is 18.6 Å². The van der Waals surface area contributed by atoms with E-state index in [1.54, 1.807) is 0 Å². The largest absolute Gasteiger partial charge is 0.297 e. The summed E-state index contributed by atoms with van der Waals surface area (Å²) < 4.78 is 28.8. The highest BCUT2D eigenvalue weighted by atomic mass is 32.1. The zero-order valence-electron chi connectivity index (χ0n) is 57.9. The number of ether oxygens (including phenoxy) is 2. The number of thiophene rings is 2. The monoisotopic (exact) mass is 1250 g/mol. The van der Waals surface area contributed by atoms with Crippen LogP contribution in [0.15, 0.2) is 134 Å². The maximum absolute atomic E-state index is 8.97. The minimum atomic E-state index is -1.23. The SMILES string of the molecule is CCC1(CC)[n+]2cc3ccc4c5cc6c(cc5sc4c3cc2-c2cc(C(C)(C)C)c3ccccc3c2C12OC1(O2)c2c(cc(C(C)(C)C)c3ccccc23)-c2cc3c(ccc4c5cc7c(cc5sc34)C(C)(C)CCC7(C)C)c[n+]2C1(CC)CC)C(C)(C)CCC6(C)C. The zero-order valence-corrected chi connectivity index (χ0v) is 59.5. The quantitative estimate of drug-likeness (QED) is 0.164. The summed E-state index contributed by atoms with van der Waals surface area (Å²) in [5.41, 5.74) is 14.7. The minimum absolute atomic E-state index is 0.122. The molecule has 6 heteroatoms. The predicted octanol–water partition coefficient (Wildman–Crippen LogP) is 23.3. The van der Waals surface area contributed by atoms with Crippen LogP contribution in [-0.4, -0.2) is 0 Å². The standard InChI is InChI=1S/C86H92N2O2S2/c1-19-83(20-2)85(73-53-29-25-23-27-51(53)63(77(5,6)7)41-61(73)69-43-57-49(47-87(69)83)31-33-55-59-39-65-67(45-71(59)91-75(55)57)81(15,16)37-35-79(65,11)12)89-86(90-85)74-54-30-26-24-28-52(54)64(78(8,9)10)42-62(74)70-44-58-50(48-88(70)84(86,21-3)22-4)32-34-56-60-40-66-68(46-72(60)92-76(56)58)82(17,18)38-36-80(66,13)14/h23-34,39-48H,19-22,35-38H2,1-18H3/q+2. The maximum atomic E-state index is 8.97. The molecule has 0 amide bonds. The fourth-order valence-electron chi connectivity index (χ4n) is 19.3. The summed E-state index contributed by atoms with van der Waals surface area (Å²) in [6.45, 7) is 43.6. The third kappa shape index (κ3) is 7.37. The Morgan fingerprint density at radius 1 is 0.380 bits per heavy atom. The molecular weight excluding hydrogens is 1160 g/mol. The molecule has 2 aliphatic carbocycles. The molecule has 0 atom stereocenters. The van der Waals surface area contributed by atoms with Gasteiger partial charge in [0.1, 0.15) is 0 Å². The summed E-state index contributed by atoms with van der Waals surface area (Å²) in [6.07, 6.45) is 12.9. The Hall–Kier alpha value is -6.54. The average Bonchev–Trinajstić information content (AvgIpc) is 0.743. The molecule has 17 rings (SSSR count). The second kappa shape index (κ2) is 18.7.